The average molecular weight is 383 g/mol. The van der Waals surface area contributed by atoms with Crippen LogP contribution >= 0.6 is 0 Å². The van der Waals surface area contributed by atoms with E-state index in [0.29, 0.717) is 6.54 Å². The fraction of sp³-hybridized carbons (Fsp3) is 0.435. The minimum absolute atomic E-state index is 0.0433. The molecule has 1 atom stereocenters. The van der Waals surface area contributed by atoms with Gasteiger partial charge in [-0.15, -0.1) is 0 Å². The van der Waals surface area contributed by atoms with Gasteiger partial charge < -0.3 is 14.8 Å². The monoisotopic (exact) mass is 382 g/mol. The number of nitrogens with one attached hydrogen (secondary N) is 1. The summed E-state index contributed by atoms with van der Waals surface area (Å²) in [6.07, 6.45) is 2.71. The average Bonchev–Trinajstić information content (AvgIpc) is 3.16. The van der Waals surface area contributed by atoms with Crippen LogP contribution in [0.2, 0.25) is 0 Å². The molecule has 1 fully saturated rings. The zero-order chi connectivity index (χ0) is 19.9. The Kier molecular flexibility index (Phi) is 6.93. The number of likely N-dealkylation sites (tertiary alicyclic amines) is 1. The largest absolute Gasteiger partial charge is 0.497 e. The number of benzene rings is 2. The normalized spacial score (nSPS) is 16.8. The first-order valence-corrected chi connectivity index (χ1v) is 9.89. The maximum atomic E-state index is 12.8. The van der Waals surface area contributed by atoms with Gasteiger partial charge in [-0.3, -0.25) is 9.69 Å². The molecule has 1 saturated heterocycles. The third-order valence-electron chi connectivity index (χ3n) is 5.32. The van der Waals surface area contributed by atoms with Gasteiger partial charge in [-0.1, -0.05) is 35.9 Å². The van der Waals surface area contributed by atoms with E-state index in [1.807, 2.05) is 18.2 Å². The van der Waals surface area contributed by atoms with E-state index in [1.165, 1.54) is 11.1 Å². The molecule has 0 radical (unpaired) electrons. The minimum atomic E-state index is -0.0433. The zero-order valence-corrected chi connectivity index (χ0v) is 17.0. The van der Waals surface area contributed by atoms with Crippen molar-refractivity contribution in [2.45, 2.75) is 38.8 Å². The Morgan fingerprint density at radius 2 is 2.04 bits per heavy atom. The van der Waals surface area contributed by atoms with Crippen molar-refractivity contribution in [2.75, 3.05) is 27.3 Å². The Balaban J connectivity index is 1.54. The molecule has 2 aromatic carbocycles. The number of amides is 1. The van der Waals surface area contributed by atoms with Gasteiger partial charge in [0.25, 0.3) is 0 Å². The van der Waals surface area contributed by atoms with Crippen molar-refractivity contribution in [3.8, 4) is 11.5 Å². The fourth-order valence-corrected chi connectivity index (χ4v) is 3.85. The number of nitrogens with zero attached hydrogens (tertiary/aromatic N) is 1. The van der Waals surface area contributed by atoms with E-state index in [2.05, 4.69) is 41.4 Å². The predicted octanol–water partition coefficient (Wildman–Crippen LogP) is 3.34. The maximum absolute atomic E-state index is 12.8. The molecule has 1 unspecified atom stereocenters. The molecule has 28 heavy (non-hydrogen) atoms. The van der Waals surface area contributed by atoms with Crippen molar-refractivity contribution < 1.29 is 14.3 Å². The van der Waals surface area contributed by atoms with E-state index in [9.17, 15) is 4.79 Å². The number of rotatable bonds is 8. The zero-order valence-electron chi connectivity index (χ0n) is 17.0. The highest BCUT2D eigenvalue weighted by molar-refractivity contribution is 5.82. The first-order chi connectivity index (χ1) is 13.6. The predicted molar refractivity (Wildman–Crippen MR) is 111 cm³/mol. The summed E-state index contributed by atoms with van der Waals surface area (Å²) in [7, 11) is 3.29. The Labute approximate surface area is 167 Å². The molecule has 1 aliphatic heterocycles. The second kappa shape index (κ2) is 9.60. The smallest absolute Gasteiger partial charge is 0.237 e. The molecule has 2 aromatic rings. The summed E-state index contributed by atoms with van der Waals surface area (Å²) in [4.78, 5) is 15.0. The van der Waals surface area contributed by atoms with Gasteiger partial charge in [0.15, 0.2) is 0 Å². The molecule has 0 spiro atoms. The van der Waals surface area contributed by atoms with Crippen LogP contribution in [-0.2, 0) is 17.8 Å². The van der Waals surface area contributed by atoms with E-state index in [1.54, 1.807) is 14.2 Å². The quantitative estimate of drug-likeness (QED) is 0.761. The van der Waals surface area contributed by atoms with Crippen molar-refractivity contribution in [3.63, 3.8) is 0 Å². The maximum Gasteiger partial charge on any atom is 0.237 e. The molecule has 5 heteroatoms. The van der Waals surface area contributed by atoms with Gasteiger partial charge >= 0.3 is 0 Å². The van der Waals surface area contributed by atoms with E-state index in [4.69, 9.17) is 9.47 Å². The molecule has 1 aliphatic rings. The van der Waals surface area contributed by atoms with Crippen LogP contribution in [0.25, 0.3) is 0 Å². The standard InChI is InChI=1S/C23H30N2O3/c1-17-6-4-7-18(14-17)16-25-13-5-8-21(25)23(26)24-12-11-19-9-10-20(27-2)15-22(19)28-3/h4,6-7,9-10,14-15,21H,5,8,11-13,16H2,1-3H3,(H,24,26). The lowest BCUT2D eigenvalue weighted by Gasteiger charge is -2.24. The van der Waals surface area contributed by atoms with Crippen LogP contribution in [0.3, 0.4) is 0 Å². The SMILES string of the molecule is COc1ccc(CCNC(=O)C2CCCN2Cc2cccc(C)c2)c(OC)c1. The van der Waals surface area contributed by atoms with Gasteiger partial charge in [0.05, 0.1) is 20.3 Å². The summed E-state index contributed by atoms with van der Waals surface area (Å²) in [5, 5.41) is 3.11. The first-order valence-electron chi connectivity index (χ1n) is 9.89. The van der Waals surface area contributed by atoms with Crippen molar-refractivity contribution in [2.24, 2.45) is 0 Å². The number of hydrogen-bond acceptors (Lipinski definition) is 4. The van der Waals surface area contributed by atoms with Crippen molar-refractivity contribution in [1.29, 1.82) is 0 Å². The molecule has 0 aliphatic carbocycles. The molecule has 3 rings (SSSR count). The minimum Gasteiger partial charge on any atom is -0.497 e. The van der Waals surface area contributed by atoms with Crippen molar-refractivity contribution >= 4 is 5.91 Å². The molecular weight excluding hydrogens is 352 g/mol. The first kappa shape index (κ1) is 20.2. The number of hydrogen-bond donors (Lipinski definition) is 1. The second-order valence-corrected chi connectivity index (χ2v) is 7.34. The number of aryl methyl sites for hydroxylation is 1. The van der Waals surface area contributed by atoms with Crippen LogP contribution in [0.5, 0.6) is 11.5 Å². The summed E-state index contributed by atoms with van der Waals surface area (Å²) in [5.74, 6) is 1.68. The molecule has 1 amide bonds. The fourth-order valence-electron chi connectivity index (χ4n) is 3.85. The topological polar surface area (TPSA) is 50.8 Å². The van der Waals surface area contributed by atoms with Crippen LogP contribution in [0.15, 0.2) is 42.5 Å². The molecule has 1 heterocycles. The Bertz CT molecular complexity index is 806. The van der Waals surface area contributed by atoms with Crippen LogP contribution in [0.4, 0.5) is 0 Å². The van der Waals surface area contributed by atoms with Crippen LogP contribution in [-0.4, -0.2) is 44.2 Å². The van der Waals surface area contributed by atoms with Crippen molar-refractivity contribution in [1.82, 2.24) is 10.2 Å². The summed E-state index contributed by atoms with van der Waals surface area (Å²) in [6.45, 7) is 4.49. The van der Waals surface area contributed by atoms with Crippen LogP contribution in [0.1, 0.15) is 29.5 Å². The van der Waals surface area contributed by atoms with Crippen LogP contribution in [0, 0.1) is 6.92 Å². The third kappa shape index (κ3) is 5.04. The second-order valence-electron chi connectivity index (χ2n) is 7.34. The number of methoxy groups -OCH3 is 2. The summed E-state index contributed by atoms with van der Waals surface area (Å²) in [6, 6.07) is 14.3. The Morgan fingerprint density at radius 3 is 2.79 bits per heavy atom. The van der Waals surface area contributed by atoms with E-state index in [0.717, 1.165) is 49.4 Å². The van der Waals surface area contributed by atoms with Gasteiger partial charge in [0.1, 0.15) is 11.5 Å². The third-order valence-corrected chi connectivity index (χ3v) is 5.32. The van der Waals surface area contributed by atoms with E-state index in [-0.39, 0.29) is 11.9 Å². The van der Waals surface area contributed by atoms with Crippen molar-refractivity contribution in [3.05, 3.63) is 59.2 Å². The molecule has 0 aromatic heterocycles. The molecule has 1 N–H and O–H groups in total. The van der Waals surface area contributed by atoms with Gasteiger partial charge in [-0.2, -0.15) is 0 Å². The summed E-state index contributed by atoms with van der Waals surface area (Å²) in [5.41, 5.74) is 3.58. The molecule has 150 valence electrons. The Morgan fingerprint density at radius 1 is 1.18 bits per heavy atom. The highest BCUT2D eigenvalue weighted by Crippen LogP contribution is 2.25. The van der Waals surface area contributed by atoms with Crippen LogP contribution < -0.4 is 14.8 Å². The molecule has 0 bridgehead atoms. The van der Waals surface area contributed by atoms with Gasteiger partial charge in [0.2, 0.25) is 5.91 Å². The lowest BCUT2D eigenvalue weighted by atomic mass is 10.1. The summed E-state index contributed by atoms with van der Waals surface area (Å²) >= 11 is 0. The lowest BCUT2D eigenvalue weighted by molar-refractivity contribution is -0.125. The van der Waals surface area contributed by atoms with E-state index >= 15 is 0 Å². The molecule has 0 saturated carbocycles. The number of ether oxygens (including phenoxy) is 2. The van der Waals surface area contributed by atoms with Gasteiger partial charge in [0, 0.05) is 19.2 Å². The molecule has 5 nitrogen and oxygen atoms in total. The number of carbonyl (C=O) groups is 1. The highest BCUT2D eigenvalue weighted by Gasteiger charge is 2.30. The van der Waals surface area contributed by atoms with Gasteiger partial charge in [-0.05, 0) is 49.9 Å². The Hall–Kier alpha value is -2.53. The highest BCUT2D eigenvalue weighted by atomic mass is 16.5. The number of carbonyl (C=O) groups excluding carboxylic acids is 1. The summed E-state index contributed by atoms with van der Waals surface area (Å²) < 4.78 is 10.7. The van der Waals surface area contributed by atoms with Gasteiger partial charge in [-0.25, -0.2) is 0 Å². The van der Waals surface area contributed by atoms with E-state index < -0.39 is 0 Å². The molecular formula is C23H30N2O3. The lowest BCUT2D eigenvalue weighted by Crippen LogP contribution is -2.43.